The van der Waals surface area contributed by atoms with Crippen LogP contribution in [0.1, 0.15) is 23.3 Å². The monoisotopic (exact) mass is 418 g/mol. The van der Waals surface area contributed by atoms with Crippen LogP contribution in [0.2, 0.25) is 0 Å². The molecule has 1 aliphatic rings. The lowest BCUT2D eigenvalue weighted by Crippen LogP contribution is -2.42. The van der Waals surface area contributed by atoms with Gasteiger partial charge in [0.2, 0.25) is 0 Å². The van der Waals surface area contributed by atoms with Gasteiger partial charge in [-0.25, -0.2) is 9.78 Å². The highest BCUT2D eigenvalue weighted by Crippen LogP contribution is 2.26. The molecule has 0 aliphatic carbocycles. The van der Waals surface area contributed by atoms with Crippen molar-refractivity contribution in [1.82, 2.24) is 9.88 Å². The molecule has 1 fully saturated rings. The molecule has 2 heterocycles. The van der Waals surface area contributed by atoms with E-state index in [-0.39, 0.29) is 30.1 Å². The molecule has 2 aromatic rings. The van der Waals surface area contributed by atoms with Gasteiger partial charge in [-0.05, 0) is 37.1 Å². The van der Waals surface area contributed by atoms with Crippen LogP contribution in [0.15, 0.2) is 29.6 Å². The predicted molar refractivity (Wildman–Crippen MR) is 106 cm³/mol. The first-order valence-corrected chi connectivity index (χ1v) is 10.0. The number of methoxy groups -OCH3 is 2. The van der Waals surface area contributed by atoms with Gasteiger partial charge >= 0.3 is 11.9 Å². The molecule has 1 amide bonds. The maximum Gasteiger partial charge on any atom is 0.358 e. The first-order valence-electron chi connectivity index (χ1n) is 9.14. The van der Waals surface area contributed by atoms with Crippen LogP contribution in [-0.2, 0) is 19.1 Å². The van der Waals surface area contributed by atoms with Gasteiger partial charge in [-0.1, -0.05) is 0 Å². The summed E-state index contributed by atoms with van der Waals surface area (Å²) in [5, 5.41) is 2.28. The second-order valence-electron chi connectivity index (χ2n) is 6.52. The second-order valence-corrected chi connectivity index (χ2v) is 7.38. The number of rotatable bonds is 6. The molecule has 3 rings (SSSR count). The number of benzene rings is 1. The molecule has 154 valence electrons. The lowest BCUT2D eigenvalue weighted by atomic mass is 9.97. The van der Waals surface area contributed by atoms with Crippen molar-refractivity contribution in [2.24, 2.45) is 5.92 Å². The quantitative estimate of drug-likeness (QED) is 0.665. The number of hydrogen-bond donors (Lipinski definition) is 0. The van der Waals surface area contributed by atoms with Crippen molar-refractivity contribution in [3.63, 3.8) is 0 Å². The Morgan fingerprint density at radius 2 is 1.83 bits per heavy atom. The van der Waals surface area contributed by atoms with E-state index in [9.17, 15) is 14.4 Å². The smallest absolute Gasteiger partial charge is 0.358 e. The Bertz CT molecular complexity index is 871. The van der Waals surface area contributed by atoms with Gasteiger partial charge in [-0.15, -0.1) is 11.3 Å². The second kappa shape index (κ2) is 9.51. The molecule has 0 atom stereocenters. The molecule has 0 bridgehead atoms. The minimum absolute atomic E-state index is 0.165. The molecule has 0 N–H and O–H groups in total. The van der Waals surface area contributed by atoms with Gasteiger partial charge in [0.25, 0.3) is 5.91 Å². The van der Waals surface area contributed by atoms with E-state index in [1.807, 2.05) is 24.3 Å². The minimum Gasteiger partial charge on any atom is -0.497 e. The van der Waals surface area contributed by atoms with Crippen molar-refractivity contribution in [3.05, 3.63) is 35.3 Å². The van der Waals surface area contributed by atoms with Crippen molar-refractivity contribution >= 4 is 29.2 Å². The zero-order valence-electron chi connectivity index (χ0n) is 16.3. The molecule has 9 heteroatoms. The molecule has 8 nitrogen and oxygen atoms in total. The van der Waals surface area contributed by atoms with E-state index >= 15 is 0 Å². The average molecular weight is 418 g/mol. The zero-order valence-corrected chi connectivity index (χ0v) is 17.1. The van der Waals surface area contributed by atoms with Gasteiger partial charge in [0, 0.05) is 24.0 Å². The standard InChI is InChI=1S/C20H22N2O6S/c1-26-15-5-3-13(4-6-15)18-21-16(12-29-18)20(25)28-11-17(23)22-9-7-14(8-10-22)19(24)27-2/h3-6,12,14H,7-11H2,1-2H3. The number of carbonyl (C=O) groups excluding carboxylic acids is 3. The first-order chi connectivity index (χ1) is 14.0. The van der Waals surface area contributed by atoms with Crippen LogP contribution in [0, 0.1) is 5.92 Å². The summed E-state index contributed by atoms with van der Waals surface area (Å²) in [6, 6.07) is 7.34. The summed E-state index contributed by atoms with van der Waals surface area (Å²) in [6.07, 6.45) is 1.09. The van der Waals surface area contributed by atoms with Crippen LogP contribution < -0.4 is 4.74 Å². The molecular formula is C20H22N2O6S. The number of likely N-dealkylation sites (tertiary alicyclic amines) is 1. The van der Waals surface area contributed by atoms with Crippen LogP contribution in [0.4, 0.5) is 0 Å². The van der Waals surface area contributed by atoms with Crippen LogP contribution in [0.3, 0.4) is 0 Å². The van der Waals surface area contributed by atoms with Crippen molar-refractivity contribution in [2.45, 2.75) is 12.8 Å². The van der Waals surface area contributed by atoms with E-state index in [0.717, 1.165) is 11.3 Å². The lowest BCUT2D eigenvalue weighted by Gasteiger charge is -2.30. The van der Waals surface area contributed by atoms with Crippen molar-refractivity contribution < 1.29 is 28.6 Å². The fourth-order valence-corrected chi connectivity index (χ4v) is 3.85. The van der Waals surface area contributed by atoms with Crippen LogP contribution >= 0.6 is 11.3 Å². The fraction of sp³-hybridized carbons (Fsp3) is 0.400. The number of aromatic nitrogens is 1. The number of nitrogens with zero attached hydrogens (tertiary/aromatic N) is 2. The molecular weight excluding hydrogens is 396 g/mol. The molecule has 1 aliphatic heterocycles. The topological polar surface area (TPSA) is 95.0 Å². The molecule has 29 heavy (non-hydrogen) atoms. The summed E-state index contributed by atoms with van der Waals surface area (Å²) in [7, 11) is 2.95. The van der Waals surface area contributed by atoms with Gasteiger partial charge in [0.05, 0.1) is 20.1 Å². The van der Waals surface area contributed by atoms with E-state index in [2.05, 4.69) is 4.98 Å². The Morgan fingerprint density at radius 1 is 1.14 bits per heavy atom. The summed E-state index contributed by atoms with van der Waals surface area (Å²) in [5.41, 5.74) is 1.03. The number of ether oxygens (including phenoxy) is 3. The molecule has 1 aromatic carbocycles. The Kier molecular flexibility index (Phi) is 6.82. The number of amides is 1. The Labute approximate surface area is 172 Å². The molecule has 1 aromatic heterocycles. The van der Waals surface area contributed by atoms with Crippen LogP contribution in [-0.4, -0.2) is 61.6 Å². The third-order valence-corrected chi connectivity index (χ3v) is 5.65. The normalized spacial score (nSPS) is 14.3. The Balaban J connectivity index is 1.50. The van der Waals surface area contributed by atoms with Gasteiger partial charge in [0.15, 0.2) is 12.3 Å². The fourth-order valence-electron chi connectivity index (χ4n) is 3.06. The highest BCUT2D eigenvalue weighted by Gasteiger charge is 2.28. The summed E-state index contributed by atoms with van der Waals surface area (Å²) in [4.78, 5) is 41.9. The molecule has 0 unspecified atom stereocenters. The Morgan fingerprint density at radius 3 is 2.45 bits per heavy atom. The van der Waals surface area contributed by atoms with Crippen LogP contribution in [0.5, 0.6) is 5.75 Å². The van der Waals surface area contributed by atoms with Crippen molar-refractivity contribution in [2.75, 3.05) is 33.9 Å². The minimum atomic E-state index is -0.640. The average Bonchev–Trinajstić information content (AvgIpc) is 3.27. The van der Waals surface area contributed by atoms with E-state index in [0.29, 0.717) is 30.9 Å². The molecule has 0 radical (unpaired) electrons. The number of esters is 2. The number of hydrogen-bond acceptors (Lipinski definition) is 8. The van der Waals surface area contributed by atoms with Gasteiger partial charge < -0.3 is 19.1 Å². The Hall–Kier alpha value is -2.94. The predicted octanol–water partition coefficient (Wildman–Crippen LogP) is 2.39. The van der Waals surface area contributed by atoms with Crippen molar-refractivity contribution in [3.8, 4) is 16.3 Å². The summed E-state index contributed by atoms with van der Waals surface area (Å²) < 4.78 is 15.0. The van der Waals surface area contributed by atoms with E-state index in [1.165, 1.54) is 18.4 Å². The third kappa shape index (κ3) is 5.11. The van der Waals surface area contributed by atoms with Gasteiger partial charge in [0.1, 0.15) is 10.8 Å². The lowest BCUT2D eigenvalue weighted by molar-refractivity contribution is -0.149. The maximum absolute atomic E-state index is 12.3. The number of thiazole rings is 1. The van der Waals surface area contributed by atoms with E-state index in [1.54, 1.807) is 17.4 Å². The highest BCUT2D eigenvalue weighted by atomic mass is 32.1. The summed E-state index contributed by atoms with van der Waals surface area (Å²) in [6.45, 7) is 0.528. The van der Waals surface area contributed by atoms with Crippen molar-refractivity contribution in [1.29, 1.82) is 0 Å². The van der Waals surface area contributed by atoms with Crippen LogP contribution in [0.25, 0.3) is 10.6 Å². The largest absolute Gasteiger partial charge is 0.497 e. The van der Waals surface area contributed by atoms with Gasteiger partial charge in [-0.3, -0.25) is 9.59 Å². The van der Waals surface area contributed by atoms with Gasteiger partial charge in [-0.2, -0.15) is 0 Å². The maximum atomic E-state index is 12.3. The molecule has 1 saturated heterocycles. The van der Waals surface area contributed by atoms with E-state index in [4.69, 9.17) is 14.2 Å². The highest BCUT2D eigenvalue weighted by molar-refractivity contribution is 7.13. The first kappa shape index (κ1) is 20.8. The summed E-state index contributed by atoms with van der Waals surface area (Å²) in [5.74, 6) is -0.622. The zero-order chi connectivity index (χ0) is 20.8. The number of carbonyl (C=O) groups is 3. The third-order valence-electron chi connectivity index (χ3n) is 4.76. The number of piperidine rings is 1. The SMILES string of the molecule is COC(=O)C1CCN(C(=O)COC(=O)c2csc(-c3ccc(OC)cc3)n2)CC1. The van der Waals surface area contributed by atoms with E-state index < -0.39 is 5.97 Å². The molecule has 0 saturated carbocycles. The summed E-state index contributed by atoms with van der Waals surface area (Å²) >= 11 is 1.32. The molecule has 0 spiro atoms.